The highest BCUT2D eigenvalue weighted by molar-refractivity contribution is 5.96. The molecule has 152 valence electrons. The summed E-state index contributed by atoms with van der Waals surface area (Å²) in [6.45, 7) is 5.00. The van der Waals surface area contributed by atoms with Gasteiger partial charge in [-0.2, -0.15) is 0 Å². The molecule has 2 aromatic carbocycles. The molecule has 1 aliphatic heterocycles. The zero-order valence-corrected chi connectivity index (χ0v) is 16.4. The Morgan fingerprint density at radius 2 is 1.69 bits per heavy atom. The molecule has 0 radical (unpaired) electrons. The van der Waals surface area contributed by atoms with Crippen molar-refractivity contribution in [1.29, 1.82) is 0 Å². The van der Waals surface area contributed by atoms with Gasteiger partial charge in [-0.05, 0) is 55.8 Å². The van der Waals surface area contributed by atoms with E-state index >= 15 is 0 Å². The summed E-state index contributed by atoms with van der Waals surface area (Å²) in [5, 5.41) is 11.8. The Balaban J connectivity index is 1.60. The lowest BCUT2D eigenvalue weighted by atomic mass is 10.1. The van der Waals surface area contributed by atoms with Crippen LogP contribution in [-0.2, 0) is 16.0 Å². The van der Waals surface area contributed by atoms with Crippen molar-refractivity contribution in [3.63, 3.8) is 0 Å². The molecule has 7 heteroatoms. The standard InChI is InChI=1S/C22H24N2O5/c1-14-12-24(13-15(2)29-14)21(26)17-6-8-19(9-7-17)23-20(25)11-16-4-3-5-18(10-16)22(27)28/h3-10,14-15H,11-13H2,1-2H3,(H,23,25)(H,27,28). The zero-order valence-electron chi connectivity index (χ0n) is 16.4. The number of anilines is 1. The highest BCUT2D eigenvalue weighted by atomic mass is 16.5. The molecule has 3 rings (SSSR count). The van der Waals surface area contributed by atoms with E-state index in [4.69, 9.17) is 9.84 Å². The molecule has 2 amide bonds. The van der Waals surface area contributed by atoms with E-state index in [1.165, 1.54) is 12.1 Å². The molecule has 1 aliphatic rings. The number of rotatable bonds is 5. The monoisotopic (exact) mass is 396 g/mol. The van der Waals surface area contributed by atoms with E-state index in [2.05, 4.69) is 5.32 Å². The lowest BCUT2D eigenvalue weighted by Crippen LogP contribution is -2.48. The fourth-order valence-corrected chi connectivity index (χ4v) is 3.43. The molecular formula is C22H24N2O5. The number of amides is 2. The Morgan fingerprint density at radius 1 is 1.03 bits per heavy atom. The molecule has 29 heavy (non-hydrogen) atoms. The van der Waals surface area contributed by atoms with E-state index in [1.807, 2.05) is 13.8 Å². The van der Waals surface area contributed by atoms with E-state index in [-0.39, 0.29) is 36.0 Å². The molecule has 0 spiro atoms. The van der Waals surface area contributed by atoms with Gasteiger partial charge in [-0.25, -0.2) is 4.79 Å². The number of nitrogens with one attached hydrogen (secondary N) is 1. The first-order chi connectivity index (χ1) is 13.8. The average molecular weight is 396 g/mol. The van der Waals surface area contributed by atoms with Gasteiger partial charge in [0.25, 0.3) is 5.91 Å². The van der Waals surface area contributed by atoms with Gasteiger partial charge in [0.1, 0.15) is 0 Å². The SMILES string of the molecule is CC1CN(C(=O)c2ccc(NC(=O)Cc3cccc(C(=O)O)c3)cc2)CC(C)O1. The van der Waals surface area contributed by atoms with Crippen molar-refractivity contribution in [2.24, 2.45) is 0 Å². The van der Waals surface area contributed by atoms with Crippen LogP contribution in [0, 0.1) is 0 Å². The third-order valence-electron chi connectivity index (χ3n) is 4.66. The fourth-order valence-electron chi connectivity index (χ4n) is 3.43. The predicted molar refractivity (Wildman–Crippen MR) is 108 cm³/mol. The molecule has 1 heterocycles. The summed E-state index contributed by atoms with van der Waals surface area (Å²) in [4.78, 5) is 37.7. The van der Waals surface area contributed by atoms with Crippen LogP contribution >= 0.6 is 0 Å². The summed E-state index contributed by atoms with van der Waals surface area (Å²) in [7, 11) is 0. The first-order valence-corrected chi connectivity index (χ1v) is 9.48. The summed E-state index contributed by atoms with van der Waals surface area (Å²) >= 11 is 0. The van der Waals surface area contributed by atoms with Gasteiger partial charge in [0.15, 0.2) is 0 Å². The molecule has 0 saturated carbocycles. The topological polar surface area (TPSA) is 95.9 Å². The van der Waals surface area contributed by atoms with Crippen molar-refractivity contribution in [2.45, 2.75) is 32.5 Å². The third-order valence-corrected chi connectivity index (χ3v) is 4.66. The summed E-state index contributed by atoms with van der Waals surface area (Å²) in [5.74, 6) is -1.35. The number of carbonyl (C=O) groups excluding carboxylic acids is 2. The minimum absolute atomic E-state index is 0.000825. The van der Waals surface area contributed by atoms with Gasteiger partial charge in [-0.3, -0.25) is 9.59 Å². The first kappa shape index (κ1) is 20.5. The van der Waals surface area contributed by atoms with E-state index in [0.717, 1.165) is 0 Å². The van der Waals surface area contributed by atoms with Gasteiger partial charge in [-0.15, -0.1) is 0 Å². The maximum Gasteiger partial charge on any atom is 0.335 e. The second kappa shape index (κ2) is 8.87. The van der Waals surface area contributed by atoms with E-state index in [9.17, 15) is 14.4 Å². The van der Waals surface area contributed by atoms with Crippen LogP contribution in [0.15, 0.2) is 48.5 Å². The number of nitrogens with zero attached hydrogens (tertiary/aromatic N) is 1. The summed E-state index contributed by atoms with van der Waals surface area (Å²) < 4.78 is 5.66. The number of carboxylic acids is 1. The number of carbonyl (C=O) groups is 3. The van der Waals surface area contributed by atoms with Crippen LogP contribution in [0.2, 0.25) is 0 Å². The van der Waals surface area contributed by atoms with Crippen LogP contribution < -0.4 is 5.32 Å². The highest BCUT2D eigenvalue weighted by Crippen LogP contribution is 2.17. The fraction of sp³-hybridized carbons (Fsp3) is 0.318. The number of hydrogen-bond acceptors (Lipinski definition) is 4. The third kappa shape index (κ3) is 5.42. The largest absolute Gasteiger partial charge is 0.478 e. The molecule has 2 N–H and O–H groups in total. The Hall–Kier alpha value is -3.19. The van der Waals surface area contributed by atoms with E-state index in [1.54, 1.807) is 41.3 Å². The molecule has 1 saturated heterocycles. The van der Waals surface area contributed by atoms with Crippen LogP contribution in [0.25, 0.3) is 0 Å². The maximum atomic E-state index is 12.7. The number of carboxylic acid groups (broad SMARTS) is 1. The van der Waals surface area contributed by atoms with Gasteiger partial charge in [0.05, 0.1) is 24.2 Å². The molecular weight excluding hydrogens is 372 g/mol. The normalized spacial score (nSPS) is 18.9. The van der Waals surface area contributed by atoms with Crippen molar-refractivity contribution in [3.8, 4) is 0 Å². The number of aromatic carboxylic acids is 1. The summed E-state index contributed by atoms with van der Waals surface area (Å²) in [6, 6.07) is 13.0. The number of hydrogen-bond donors (Lipinski definition) is 2. The Kier molecular flexibility index (Phi) is 6.29. The van der Waals surface area contributed by atoms with Crippen molar-refractivity contribution >= 4 is 23.5 Å². The molecule has 2 unspecified atom stereocenters. The van der Waals surface area contributed by atoms with Gasteiger partial charge < -0.3 is 20.1 Å². The van der Waals surface area contributed by atoms with E-state index < -0.39 is 5.97 Å². The molecule has 7 nitrogen and oxygen atoms in total. The van der Waals surface area contributed by atoms with Crippen molar-refractivity contribution in [1.82, 2.24) is 4.90 Å². The molecule has 0 aliphatic carbocycles. The van der Waals surface area contributed by atoms with Crippen LogP contribution in [0.3, 0.4) is 0 Å². The second-order valence-electron chi connectivity index (χ2n) is 7.28. The van der Waals surface area contributed by atoms with Gasteiger partial charge >= 0.3 is 5.97 Å². The Morgan fingerprint density at radius 3 is 2.31 bits per heavy atom. The molecule has 2 aromatic rings. The maximum absolute atomic E-state index is 12.7. The highest BCUT2D eigenvalue weighted by Gasteiger charge is 2.26. The molecule has 1 fully saturated rings. The van der Waals surface area contributed by atoms with Crippen molar-refractivity contribution in [2.75, 3.05) is 18.4 Å². The minimum Gasteiger partial charge on any atom is -0.478 e. The second-order valence-corrected chi connectivity index (χ2v) is 7.28. The minimum atomic E-state index is -1.03. The average Bonchev–Trinajstić information content (AvgIpc) is 2.67. The van der Waals surface area contributed by atoms with E-state index in [0.29, 0.717) is 29.9 Å². The summed E-state index contributed by atoms with van der Waals surface area (Å²) in [5.41, 5.74) is 1.89. The van der Waals surface area contributed by atoms with Gasteiger partial charge in [0.2, 0.25) is 5.91 Å². The number of morpholine rings is 1. The van der Waals surface area contributed by atoms with Gasteiger partial charge in [0, 0.05) is 24.3 Å². The zero-order chi connectivity index (χ0) is 21.0. The lowest BCUT2D eigenvalue weighted by Gasteiger charge is -2.35. The van der Waals surface area contributed by atoms with Crippen LogP contribution in [-0.4, -0.2) is 53.1 Å². The van der Waals surface area contributed by atoms with Crippen molar-refractivity contribution in [3.05, 3.63) is 65.2 Å². The molecule has 0 bridgehead atoms. The Labute approximate surface area is 169 Å². The molecule has 2 atom stereocenters. The van der Waals surface area contributed by atoms with Crippen molar-refractivity contribution < 1.29 is 24.2 Å². The summed E-state index contributed by atoms with van der Waals surface area (Å²) in [6.07, 6.45) is 0.0625. The number of benzene rings is 2. The lowest BCUT2D eigenvalue weighted by molar-refractivity contribution is -0.115. The molecule has 0 aromatic heterocycles. The quantitative estimate of drug-likeness (QED) is 0.810. The predicted octanol–water partition coefficient (Wildman–Crippen LogP) is 2.82. The van der Waals surface area contributed by atoms with Gasteiger partial charge in [-0.1, -0.05) is 12.1 Å². The number of ether oxygens (including phenoxy) is 1. The van der Waals surface area contributed by atoms with Crippen LogP contribution in [0.5, 0.6) is 0 Å². The first-order valence-electron chi connectivity index (χ1n) is 9.48. The van der Waals surface area contributed by atoms with Crippen LogP contribution in [0.4, 0.5) is 5.69 Å². The Bertz CT molecular complexity index is 900. The smallest absolute Gasteiger partial charge is 0.335 e. The van der Waals surface area contributed by atoms with Crippen LogP contribution in [0.1, 0.15) is 40.1 Å².